The summed E-state index contributed by atoms with van der Waals surface area (Å²) in [5.41, 5.74) is 9.26. The van der Waals surface area contributed by atoms with Crippen molar-refractivity contribution in [1.29, 1.82) is 0 Å². The van der Waals surface area contributed by atoms with Crippen molar-refractivity contribution < 1.29 is 4.79 Å². The Kier molecular flexibility index (Phi) is 6.07. The van der Waals surface area contributed by atoms with Crippen LogP contribution in [-0.2, 0) is 11.2 Å². The number of nitrogens with one attached hydrogen (secondary N) is 1. The van der Waals surface area contributed by atoms with Crippen LogP contribution in [0.25, 0.3) is 0 Å². The predicted molar refractivity (Wildman–Crippen MR) is 92.2 cm³/mol. The average Bonchev–Trinajstić information content (AvgIpc) is 2.99. The Bertz CT molecular complexity index is 495. The molecule has 0 radical (unpaired) electrons. The Hall–Kier alpha value is -1.75. The van der Waals surface area contributed by atoms with Gasteiger partial charge in [0.1, 0.15) is 0 Å². The van der Waals surface area contributed by atoms with Crippen molar-refractivity contribution in [3.8, 4) is 0 Å². The van der Waals surface area contributed by atoms with Crippen molar-refractivity contribution in [2.75, 3.05) is 50.9 Å². The SMILES string of the molecule is CN(C)CCNC(=O)CCc1ccc(N2CCCC2)c(N)c1. The predicted octanol–water partition coefficient (Wildman–Crippen LogP) is 1.48. The third-order valence-corrected chi connectivity index (χ3v) is 4.06. The molecule has 122 valence electrons. The maximum Gasteiger partial charge on any atom is 0.220 e. The van der Waals surface area contributed by atoms with Crippen LogP contribution >= 0.6 is 0 Å². The molecule has 0 atom stereocenters. The highest BCUT2D eigenvalue weighted by Crippen LogP contribution is 2.27. The van der Waals surface area contributed by atoms with Crippen molar-refractivity contribution in [2.45, 2.75) is 25.7 Å². The lowest BCUT2D eigenvalue weighted by Crippen LogP contribution is -2.31. The molecule has 1 aliphatic heterocycles. The van der Waals surface area contributed by atoms with Gasteiger partial charge in [-0.25, -0.2) is 0 Å². The van der Waals surface area contributed by atoms with E-state index in [2.05, 4.69) is 27.2 Å². The highest BCUT2D eigenvalue weighted by molar-refractivity contribution is 5.76. The Morgan fingerprint density at radius 1 is 1.32 bits per heavy atom. The summed E-state index contributed by atoms with van der Waals surface area (Å²) in [6.45, 7) is 3.75. The van der Waals surface area contributed by atoms with Crippen LogP contribution in [0.5, 0.6) is 0 Å². The number of hydrogen-bond donors (Lipinski definition) is 2. The lowest BCUT2D eigenvalue weighted by Gasteiger charge is -2.20. The van der Waals surface area contributed by atoms with E-state index in [1.807, 2.05) is 20.2 Å². The fourth-order valence-electron chi connectivity index (χ4n) is 2.77. The molecule has 1 saturated heterocycles. The molecule has 0 unspecified atom stereocenters. The van der Waals surface area contributed by atoms with Crippen LogP contribution in [0, 0.1) is 0 Å². The Morgan fingerprint density at radius 3 is 2.68 bits per heavy atom. The van der Waals surface area contributed by atoms with Gasteiger partial charge in [-0.15, -0.1) is 0 Å². The molecule has 1 aromatic carbocycles. The van der Waals surface area contributed by atoms with Gasteiger partial charge in [0.15, 0.2) is 0 Å². The molecule has 0 aromatic heterocycles. The number of nitrogens with two attached hydrogens (primary N) is 1. The first kappa shape index (κ1) is 16.6. The van der Waals surface area contributed by atoms with Crippen molar-refractivity contribution in [3.63, 3.8) is 0 Å². The minimum Gasteiger partial charge on any atom is -0.397 e. The van der Waals surface area contributed by atoms with E-state index in [9.17, 15) is 4.79 Å². The molecule has 0 bridgehead atoms. The van der Waals surface area contributed by atoms with Crippen LogP contribution in [0.4, 0.5) is 11.4 Å². The number of aryl methyl sites for hydroxylation is 1. The molecule has 0 spiro atoms. The van der Waals surface area contributed by atoms with Crippen molar-refractivity contribution in [3.05, 3.63) is 23.8 Å². The van der Waals surface area contributed by atoms with Gasteiger partial charge in [0, 0.05) is 32.6 Å². The molecule has 1 fully saturated rings. The minimum atomic E-state index is 0.101. The average molecular weight is 304 g/mol. The Balaban J connectivity index is 1.80. The molecule has 1 aromatic rings. The summed E-state index contributed by atoms with van der Waals surface area (Å²) in [6, 6.07) is 6.21. The maximum absolute atomic E-state index is 11.8. The van der Waals surface area contributed by atoms with E-state index in [4.69, 9.17) is 5.73 Å². The van der Waals surface area contributed by atoms with Crippen molar-refractivity contribution >= 4 is 17.3 Å². The smallest absolute Gasteiger partial charge is 0.220 e. The number of benzene rings is 1. The molecule has 2 rings (SSSR count). The van der Waals surface area contributed by atoms with Gasteiger partial charge in [0.25, 0.3) is 0 Å². The third-order valence-electron chi connectivity index (χ3n) is 4.06. The molecule has 0 aliphatic carbocycles. The summed E-state index contributed by atoms with van der Waals surface area (Å²) in [6.07, 6.45) is 3.73. The van der Waals surface area contributed by atoms with E-state index in [0.29, 0.717) is 13.0 Å². The Labute approximate surface area is 133 Å². The zero-order valence-electron chi connectivity index (χ0n) is 13.8. The van der Waals surface area contributed by atoms with Crippen LogP contribution in [0.2, 0.25) is 0 Å². The van der Waals surface area contributed by atoms with E-state index in [-0.39, 0.29) is 5.91 Å². The van der Waals surface area contributed by atoms with Crippen LogP contribution in [0.3, 0.4) is 0 Å². The zero-order valence-corrected chi connectivity index (χ0v) is 13.8. The Morgan fingerprint density at radius 2 is 2.05 bits per heavy atom. The van der Waals surface area contributed by atoms with Gasteiger partial charge in [0.2, 0.25) is 5.91 Å². The zero-order chi connectivity index (χ0) is 15.9. The second kappa shape index (κ2) is 8.03. The van der Waals surface area contributed by atoms with Gasteiger partial charge in [0.05, 0.1) is 11.4 Å². The third kappa shape index (κ3) is 4.91. The highest BCUT2D eigenvalue weighted by Gasteiger charge is 2.14. The lowest BCUT2D eigenvalue weighted by atomic mass is 10.1. The fourth-order valence-corrected chi connectivity index (χ4v) is 2.77. The summed E-state index contributed by atoms with van der Waals surface area (Å²) >= 11 is 0. The van der Waals surface area contributed by atoms with Crippen LogP contribution < -0.4 is 16.0 Å². The quantitative estimate of drug-likeness (QED) is 0.749. The number of rotatable bonds is 7. The number of likely N-dealkylation sites (N-methyl/N-ethyl adjacent to an activating group) is 1. The summed E-state index contributed by atoms with van der Waals surface area (Å²) in [4.78, 5) is 16.2. The van der Waals surface area contributed by atoms with Gasteiger partial charge < -0.3 is 20.9 Å². The van der Waals surface area contributed by atoms with E-state index >= 15 is 0 Å². The van der Waals surface area contributed by atoms with Gasteiger partial charge in [-0.3, -0.25) is 4.79 Å². The molecule has 22 heavy (non-hydrogen) atoms. The number of nitrogens with zero attached hydrogens (tertiary/aromatic N) is 2. The van der Waals surface area contributed by atoms with Gasteiger partial charge in [-0.1, -0.05) is 6.07 Å². The lowest BCUT2D eigenvalue weighted by molar-refractivity contribution is -0.121. The molecule has 3 N–H and O–H groups in total. The summed E-state index contributed by atoms with van der Waals surface area (Å²) in [5, 5.41) is 2.93. The number of nitrogen functional groups attached to an aromatic ring is 1. The monoisotopic (exact) mass is 304 g/mol. The highest BCUT2D eigenvalue weighted by atomic mass is 16.1. The minimum absolute atomic E-state index is 0.101. The van der Waals surface area contributed by atoms with Gasteiger partial charge >= 0.3 is 0 Å². The largest absolute Gasteiger partial charge is 0.397 e. The first-order chi connectivity index (χ1) is 10.6. The van der Waals surface area contributed by atoms with E-state index in [0.717, 1.165) is 43.0 Å². The number of carbonyl (C=O) groups is 1. The molecular formula is C17H28N4O. The molecule has 0 saturated carbocycles. The number of amides is 1. The summed E-state index contributed by atoms with van der Waals surface area (Å²) < 4.78 is 0. The number of hydrogen-bond acceptors (Lipinski definition) is 4. The van der Waals surface area contributed by atoms with Crippen molar-refractivity contribution in [1.82, 2.24) is 10.2 Å². The van der Waals surface area contributed by atoms with Crippen LogP contribution in [-0.4, -0.2) is 51.1 Å². The maximum atomic E-state index is 11.8. The fraction of sp³-hybridized carbons (Fsp3) is 0.588. The molecule has 1 amide bonds. The standard InChI is InChI=1S/C17H28N4O/c1-20(2)12-9-19-17(22)8-6-14-5-7-16(15(18)13-14)21-10-3-4-11-21/h5,7,13H,3-4,6,8-12,18H2,1-2H3,(H,19,22). The topological polar surface area (TPSA) is 61.6 Å². The first-order valence-corrected chi connectivity index (χ1v) is 8.11. The van der Waals surface area contributed by atoms with E-state index in [1.54, 1.807) is 0 Å². The van der Waals surface area contributed by atoms with Crippen LogP contribution in [0.1, 0.15) is 24.8 Å². The van der Waals surface area contributed by atoms with Crippen molar-refractivity contribution in [2.24, 2.45) is 0 Å². The number of carbonyl (C=O) groups excluding carboxylic acids is 1. The van der Waals surface area contributed by atoms with E-state index < -0.39 is 0 Å². The normalized spacial score (nSPS) is 14.6. The van der Waals surface area contributed by atoms with Gasteiger partial charge in [-0.05, 0) is 51.1 Å². The van der Waals surface area contributed by atoms with E-state index in [1.165, 1.54) is 12.8 Å². The number of anilines is 2. The molecule has 1 heterocycles. The summed E-state index contributed by atoms with van der Waals surface area (Å²) in [5.74, 6) is 0.101. The molecule has 5 heteroatoms. The van der Waals surface area contributed by atoms with Crippen LogP contribution in [0.15, 0.2) is 18.2 Å². The summed E-state index contributed by atoms with van der Waals surface area (Å²) in [7, 11) is 3.99. The molecular weight excluding hydrogens is 276 g/mol. The molecule has 5 nitrogen and oxygen atoms in total. The molecule has 1 aliphatic rings. The van der Waals surface area contributed by atoms with Gasteiger partial charge in [-0.2, -0.15) is 0 Å². The first-order valence-electron chi connectivity index (χ1n) is 8.11. The second-order valence-electron chi connectivity index (χ2n) is 6.24. The second-order valence-corrected chi connectivity index (χ2v) is 6.24.